The molecule has 18 heavy (non-hydrogen) atoms. The zero-order valence-corrected chi connectivity index (χ0v) is 11.9. The van der Waals surface area contributed by atoms with E-state index < -0.39 is 6.10 Å². The number of ether oxygens (including phenoxy) is 1. The Morgan fingerprint density at radius 2 is 2.44 bits per heavy atom. The fraction of sp³-hybridized carbons (Fsp3) is 0.769. The van der Waals surface area contributed by atoms with Gasteiger partial charge in [-0.1, -0.05) is 13.3 Å². The number of aliphatic hydroxyl groups excluding tert-OH is 1. The predicted molar refractivity (Wildman–Crippen MR) is 74.1 cm³/mol. The molecule has 2 atom stereocenters. The fourth-order valence-electron chi connectivity index (χ4n) is 2.41. The standard InChI is InChI=1S/C13H22N2O2S/c1-3-7-15-12(10(17-2)9-14-15)13(16)11-6-4-5-8-18-11/h9,11,13,16H,3-8H2,1-2H3. The van der Waals surface area contributed by atoms with Crippen LogP contribution in [-0.2, 0) is 6.54 Å². The van der Waals surface area contributed by atoms with Gasteiger partial charge in [-0.2, -0.15) is 16.9 Å². The SMILES string of the molecule is CCCn1ncc(OC)c1C(O)C1CCCCS1. The number of methoxy groups -OCH3 is 1. The van der Waals surface area contributed by atoms with Gasteiger partial charge in [-0.05, 0) is 25.0 Å². The molecule has 0 bridgehead atoms. The second kappa shape index (κ2) is 6.48. The van der Waals surface area contributed by atoms with Crippen LogP contribution in [0.3, 0.4) is 0 Å². The molecule has 0 amide bonds. The predicted octanol–water partition coefficient (Wildman–Crippen LogP) is 2.62. The Labute approximate surface area is 113 Å². The van der Waals surface area contributed by atoms with E-state index in [0.717, 1.165) is 30.8 Å². The van der Waals surface area contributed by atoms with E-state index in [1.54, 1.807) is 13.3 Å². The summed E-state index contributed by atoms with van der Waals surface area (Å²) < 4.78 is 7.22. The van der Waals surface area contributed by atoms with Crippen molar-refractivity contribution in [3.05, 3.63) is 11.9 Å². The van der Waals surface area contributed by atoms with Crippen molar-refractivity contribution in [2.24, 2.45) is 0 Å². The normalized spacial score (nSPS) is 21.8. The maximum atomic E-state index is 10.6. The molecule has 4 nitrogen and oxygen atoms in total. The second-order valence-corrected chi connectivity index (χ2v) is 6.02. The van der Waals surface area contributed by atoms with Gasteiger partial charge in [-0.25, -0.2) is 0 Å². The van der Waals surface area contributed by atoms with Gasteiger partial charge in [0.05, 0.1) is 13.3 Å². The van der Waals surface area contributed by atoms with Crippen LogP contribution < -0.4 is 4.74 Å². The molecule has 0 saturated carbocycles. The van der Waals surface area contributed by atoms with Crippen LogP contribution in [0.2, 0.25) is 0 Å². The maximum absolute atomic E-state index is 10.6. The van der Waals surface area contributed by atoms with E-state index >= 15 is 0 Å². The van der Waals surface area contributed by atoms with Gasteiger partial charge in [0.25, 0.3) is 0 Å². The first-order valence-corrected chi connectivity index (χ1v) is 7.72. The highest BCUT2D eigenvalue weighted by atomic mass is 32.2. The quantitative estimate of drug-likeness (QED) is 0.893. The number of nitrogens with zero attached hydrogens (tertiary/aromatic N) is 2. The van der Waals surface area contributed by atoms with E-state index in [4.69, 9.17) is 4.74 Å². The summed E-state index contributed by atoms with van der Waals surface area (Å²) in [7, 11) is 1.64. The molecule has 1 fully saturated rings. The molecule has 5 heteroatoms. The van der Waals surface area contributed by atoms with Gasteiger partial charge in [-0.3, -0.25) is 4.68 Å². The zero-order valence-electron chi connectivity index (χ0n) is 11.1. The van der Waals surface area contributed by atoms with Crippen LogP contribution in [0.15, 0.2) is 6.20 Å². The third kappa shape index (κ3) is 2.83. The Morgan fingerprint density at radius 1 is 1.61 bits per heavy atom. The van der Waals surface area contributed by atoms with Crippen molar-refractivity contribution in [3.8, 4) is 5.75 Å². The van der Waals surface area contributed by atoms with Crippen molar-refractivity contribution in [3.63, 3.8) is 0 Å². The third-order valence-corrected chi connectivity index (χ3v) is 4.79. The summed E-state index contributed by atoms with van der Waals surface area (Å²) in [5.74, 6) is 1.86. The largest absolute Gasteiger partial charge is 0.493 e. The topological polar surface area (TPSA) is 47.3 Å². The van der Waals surface area contributed by atoms with Crippen LogP contribution in [0.1, 0.15) is 44.4 Å². The molecular weight excluding hydrogens is 248 g/mol. The molecule has 1 aliphatic heterocycles. The van der Waals surface area contributed by atoms with Gasteiger partial charge < -0.3 is 9.84 Å². The van der Waals surface area contributed by atoms with E-state index in [1.807, 2.05) is 16.4 Å². The smallest absolute Gasteiger partial charge is 0.162 e. The summed E-state index contributed by atoms with van der Waals surface area (Å²) in [6, 6.07) is 0. The molecule has 1 aromatic rings. The van der Waals surface area contributed by atoms with Crippen LogP contribution in [0.5, 0.6) is 5.75 Å². The number of aryl methyl sites for hydroxylation is 1. The van der Waals surface area contributed by atoms with E-state index in [0.29, 0.717) is 5.75 Å². The van der Waals surface area contributed by atoms with Gasteiger partial charge in [0.1, 0.15) is 11.8 Å². The number of aliphatic hydroxyl groups is 1. The van der Waals surface area contributed by atoms with Gasteiger partial charge in [0, 0.05) is 11.8 Å². The number of hydrogen-bond acceptors (Lipinski definition) is 4. The van der Waals surface area contributed by atoms with Gasteiger partial charge in [0.2, 0.25) is 0 Å². The molecule has 0 spiro atoms. The van der Waals surface area contributed by atoms with Gasteiger partial charge in [0.15, 0.2) is 5.75 Å². The Morgan fingerprint density at radius 3 is 3.06 bits per heavy atom. The van der Waals surface area contributed by atoms with E-state index in [9.17, 15) is 5.11 Å². The number of hydrogen-bond donors (Lipinski definition) is 1. The molecule has 1 aromatic heterocycles. The Hall–Kier alpha value is -0.680. The average molecular weight is 270 g/mol. The summed E-state index contributed by atoms with van der Waals surface area (Å²) in [6.45, 7) is 2.94. The number of thioether (sulfide) groups is 1. The lowest BCUT2D eigenvalue weighted by molar-refractivity contribution is 0.153. The molecule has 2 unspecified atom stereocenters. The Kier molecular flexibility index (Phi) is 4.95. The van der Waals surface area contributed by atoms with Crippen LogP contribution >= 0.6 is 11.8 Å². The minimum absolute atomic E-state index is 0.278. The summed E-state index contributed by atoms with van der Waals surface area (Å²) in [5, 5.41) is 15.2. The second-order valence-electron chi connectivity index (χ2n) is 4.67. The maximum Gasteiger partial charge on any atom is 0.162 e. The van der Waals surface area contributed by atoms with Crippen molar-refractivity contribution in [1.82, 2.24) is 9.78 Å². The average Bonchev–Trinajstić information content (AvgIpc) is 2.82. The molecule has 0 aromatic carbocycles. The Balaban J connectivity index is 2.20. The highest BCUT2D eigenvalue weighted by Crippen LogP contribution is 2.37. The first kappa shape index (κ1) is 13.7. The summed E-state index contributed by atoms with van der Waals surface area (Å²) in [4.78, 5) is 0. The van der Waals surface area contributed by atoms with Crippen molar-refractivity contribution in [1.29, 1.82) is 0 Å². The molecule has 102 valence electrons. The third-order valence-electron chi connectivity index (χ3n) is 3.35. The first-order valence-electron chi connectivity index (χ1n) is 6.67. The minimum atomic E-state index is -0.473. The van der Waals surface area contributed by atoms with Crippen LogP contribution in [0.25, 0.3) is 0 Å². The monoisotopic (exact) mass is 270 g/mol. The van der Waals surface area contributed by atoms with Crippen molar-refractivity contribution in [2.75, 3.05) is 12.9 Å². The molecular formula is C13H22N2O2S. The lowest BCUT2D eigenvalue weighted by Gasteiger charge is -2.27. The number of rotatable bonds is 5. The molecule has 2 heterocycles. The van der Waals surface area contributed by atoms with Crippen LogP contribution in [0, 0.1) is 0 Å². The molecule has 1 aliphatic rings. The Bertz CT molecular complexity index is 375. The lowest BCUT2D eigenvalue weighted by Crippen LogP contribution is -2.22. The fourth-order valence-corrected chi connectivity index (χ4v) is 3.73. The molecule has 0 radical (unpaired) electrons. The molecule has 2 rings (SSSR count). The van der Waals surface area contributed by atoms with Crippen molar-refractivity contribution < 1.29 is 9.84 Å². The summed E-state index contributed by atoms with van der Waals surface area (Å²) >= 11 is 1.87. The lowest BCUT2D eigenvalue weighted by atomic mass is 10.1. The highest BCUT2D eigenvalue weighted by Gasteiger charge is 2.29. The van der Waals surface area contributed by atoms with Gasteiger partial charge >= 0.3 is 0 Å². The van der Waals surface area contributed by atoms with Crippen LogP contribution in [-0.4, -0.2) is 33.0 Å². The zero-order chi connectivity index (χ0) is 13.0. The van der Waals surface area contributed by atoms with Gasteiger partial charge in [-0.15, -0.1) is 0 Å². The molecule has 0 aliphatic carbocycles. The van der Waals surface area contributed by atoms with Crippen LogP contribution in [0.4, 0.5) is 0 Å². The first-order chi connectivity index (χ1) is 8.77. The minimum Gasteiger partial charge on any atom is -0.493 e. The number of aromatic nitrogens is 2. The molecule has 1 saturated heterocycles. The van der Waals surface area contributed by atoms with Crippen molar-refractivity contribution in [2.45, 2.75) is 50.5 Å². The van der Waals surface area contributed by atoms with E-state index in [2.05, 4.69) is 12.0 Å². The van der Waals surface area contributed by atoms with E-state index in [-0.39, 0.29) is 5.25 Å². The molecule has 1 N–H and O–H groups in total. The summed E-state index contributed by atoms with van der Waals surface area (Å²) in [6.07, 6.45) is 5.79. The van der Waals surface area contributed by atoms with E-state index in [1.165, 1.54) is 12.8 Å². The van der Waals surface area contributed by atoms with Crippen molar-refractivity contribution >= 4 is 11.8 Å². The highest BCUT2D eigenvalue weighted by molar-refractivity contribution is 7.99. The summed E-state index contributed by atoms with van der Waals surface area (Å²) in [5.41, 5.74) is 0.846.